The lowest BCUT2D eigenvalue weighted by Gasteiger charge is -2.22. The van der Waals surface area contributed by atoms with Crippen molar-refractivity contribution in [2.45, 2.75) is 26.8 Å². The quantitative estimate of drug-likeness (QED) is 0.868. The third-order valence-corrected chi connectivity index (χ3v) is 4.44. The largest absolute Gasteiger partial charge is 0.361 e. The molecular formula is C18H22FN3O2. The first-order chi connectivity index (χ1) is 11.5. The molecule has 0 radical (unpaired) electrons. The number of carbonyl (C=O) groups excluding carboxylic acids is 1. The van der Waals surface area contributed by atoms with Crippen molar-refractivity contribution in [3.05, 3.63) is 52.7 Å². The Bertz CT molecular complexity index is 692. The minimum Gasteiger partial charge on any atom is -0.361 e. The Hall–Kier alpha value is -2.21. The molecule has 0 saturated carbocycles. The van der Waals surface area contributed by atoms with Crippen LogP contribution in [0.5, 0.6) is 0 Å². The molecule has 3 rings (SSSR count). The Labute approximate surface area is 141 Å². The van der Waals surface area contributed by atoms with Crippen LogP contribution in [0.25, 0.3) is 0 Å². The summed E-state index contributed by atoms with van der Waals surface area (Å²) in [5, 5.41) is 3.87. The van der Waals surface area contributed by atoms with Gasteiger partial charge in [-0.15, -0.1) is 0 Å². The number of rotatable bonds is 3. The first-order valence-electron chi connectivity index (χ1n) is 8.23. The maximum atomic E-state index is 13.0. The molecule has 1 aliphatic rings. The summed E-state index contributed by atoms with van der Waals surface area (Å²) >= 11 is 0. The highest BCUT2D eigenvalue weighted by molar-refractivity contribution is 5.96. The molecule has 6 heteroatoms. The maximum Gasteiger partial charge on any atom is 0.259 e. The van der Waals surface area contributed by atoms with Crippen LogP contribution in [-0.4, -0.2) is 47.0 Å². The summed E-state index contributed by atoms with van der Waals surface area (Å²) in [7, 11) is 0. The highest BCUT2D eigenvalue weighted by Crippen LogP contribution is 2.17. The topological polar surface area (TPSA) is 49.6 Å². The number of carbonyl (C=O) groups is 1. The van der Waals surface area contributed by atoms with Crippen LogP contribution >= 0.6 is 0 Å². The normalized spacial score (nSPS) is 16.2. The van der Waals surface area contributed by atoms with Gasteiger partial charge in [0.15, 0.2) is 0 Å². The Morgan fingerprint density at radius 1 is 1.17 bits per heavy atom. The Morgan fingerprint density at radius 2 is 1.92 bits per heavy atom. The molecule has 1 aromatic heterocycles. The summed E-state index contributed by atoms with van der Waals surface area (Å²) < 4.78 is 18.1. The number of amides is 1. The lowest BCUT2D eigenvalue weighted by atomic mass is 10.1. The number of hydrogen-bond donors (Lipinski definition) is 0. The summed E-state index contributed by atoms with van der Waals surface area (Å²) in [6, 6.07) is 6.60. The molecule has 0 N–H and O–H groups in total. The molecule has 5 nitrogen and oxygen atoms in total. The second-order valence-electron chi connectivity index (χ2n) is 6.25. The molecule has 1 saturated heterocycles. The lowest BCUT2D eigenvalue weighted by Crippen LogP contribution is -2.35. The first-order valence-corrected chi connectivity index (χ1v) is 8.23. The first kappa shape index (κ1) is 16.6. The van der Waals surface area contributed by atoms with Crippen LogP contribution in [0.1, 0.15) is 33.8 Å². The molecule has 1 aliphatic heterocycles. The SMILES string of the molecule is Cc1noc(C)c1C(=O)N1CCCN(Cc2ccc(F)cc2)CC1. The van der Waals surface area contributed by atoms with Gasteiger partial charge in [-0.3, -0.25) is 9.69 Å². The van der Waals surface area contributed by atoms with E-state index in [0.29, 0.717) is 23.6 Å². The summed E-state index contributed by atoms with van der Waals surface area (Å²) in [4.78, 5) is 16.9. The molecule has 24 heavy (non-hydrogen) atoms. The van der Waals surface area contributed by atoms with Crippen molar-refractivity contribution in [3.63, 3.8) is 0 Å². The van der Waals surface area contributed by atoms with Crippen LogP contribution in [0, 0.1) is 19.7 Å². The number of hydrogen-bond acceptors (Lipinski definition) is 4. The fraction of sp³-hybridized carbons (Fsp3) is 0.444. The van der Waals surface area contributed by atoms with Gasteiger partial charge in [0.25, 0.3) is 5.91 Å². The minimum absolute atomic E-state index is 0.00474. The molecule has 1 fully saturated rings. The molecular weight excluding hydrogens is 309 g/mol. The zero-order valence-electron chi connectivity index (χ0n) is 14.1. The van der Waals surface area contributed by atoms with Crippen LogP contribution in [0.2, 0.25) is 0 Å². The van der Waals surface area contributed by atoms with E-state index in [1.165, 1.54) is 12.1 Å². The van der Waals surface area contributed by atoms with Crippen molar-refractivity contribution < 1.29 is 13.7 Å². The monoisotopic (exact) mass is 331 g/mol. The molecule has 0 unspecified atom stereocenters. The van der Waals surface area contributed by atoms with Crippen molar-refractivity contribution in [3.8, 4) is 0 Å². The van der Waals surface area contributed by atoms with E-state index in [-0.39, 0.29) is 11.7 Å². The molecule has 1 aromatic carbocycles. The molecule has 128 valence electrons. The minimum atomic E-state index is -0.217. The Balaban J connectivity index is 1.62. The van der Waals surface area contributed by atoms with Crippen molar-refractivity contribution >= 4 is 5.91 Å². The van der Waals surface area contributed by atoms with Gasteiger partial charge in [-0.1, -0.05) is 17.3 Å². The van der Waals surface area contributed by atoms with Gasteiger partial charge in [0.2, 0.25) is 0 Å². The van der Waals surface area contributed by atoms with Crippen molar-refractivity contribution in [1.82, 2.24) is 15.0 Å². The van der Waals surface area contributed by atoms with Crippen LogP contribution in [0.3, 0.4) is 0 Å². The van der Waals surface area contributed by atoms with E-state index in [9.17, 15) is 9.18 Å². The van der Waals surface area contributed by atoms with Crippen LogP contribution in [0.15, 0.2) is 28.8 Å². The fourth-order valence-electron chi connectivity index (χ4n) is 3.13. The second kappa shape index (κ2) is 7.13. The zero-order valence-corrected chi connectivity index (χ0v) is 14.1. The predicted molar refractivity (Wildman–Crippen MR) is 88.2 cm³/mol. The second-order valence-corrected chi connectivity index (χ2v) is 6.25. The van der Waals surface area contributed by atoms with Crippen LogP contribution in [-0.2, 0) is 6.54 Å². The average Bonchev–Trinajstić information content (AvgIpc) is 2.76. The van der Waals surface area contributed by atoms with E-state index in [2.05, 4.69) is 10.1 Å². The lowest BCUT2D eigenvalue weighted by molar-refractivity contribution is 0.0758. The van der Waals surface area contributed by atoms with E-state index >= 15 is 0 Å². The summed E-state index contributed by atoms with van der Waals surface area (Å²) in [5.41, 5.74) is 2.31. The molecule has 2 aromatic rings. The summed E-state index contributed by atoms with van der Waals surface area (Å²) in [6.45, 7) is 7.45. The number of benzene rings is 1. The zero-order chi connectivity index (χ0) is 17.1. The average molecular weight is 331 g/mol. The van der Waals surface area contributed by atoms with Gasteiger partial charge in [-0.25, -0.2) is 4.39 Å². The van der Waals surface area contributed by atoms with Crippen LogP contribution in [0.4, 0.5) is 4.39 Å². The van der Waals surface area contributed by atoms with E-state index in [1.807, 2.05) is 17.0 Å². The highest BCUT2D eigenvalue weighted by Gasteiger charge is 2.25. The van der Waals surface area contributed by atoms with Gasteiger partial charge in [0.1, 0.15) is 17.1 Å². The number of nitrogens with zero attached hydrogens (tertiary/aromatic N) is 3. The number of aromatic nitrogens is 1. The number of aryl methyl sites for hydroxylation is 2. The van der Waals surface area contributed by atoms with E-state index < -0.39 is 0 Å². The van der Waals surface area contributed by atoms with Gasteiger partial charge in [-0.05, 0) is 38.0 Å². The van der Waals surface area contributed by atoms with E-state index in [0.717, 1.165) is 38.2 Å². The molecule has 0 bridgehead atoms. The van der Waals surface area contributed by atoms with E-state index in [1.54, 1.807) is 13.8 Å². The molecule has 1 amide bonds. The Morgan fingerprint density at radius 3 is 2.58 bits per heavy atom. The van der Waals surface area contributed by atoms with Crippen molar-refractivity contribution in [1.29, 1.82) is 0 Å². The third-order valence-electron chi connectivity index (χ3n) is 4.44. The van der Waals surface area contributed by atoms with Gasteiger partial charge < -0.3 is 9.42 Å². The van der Waals surface area contributed by atoms with Gasteiger partial charge in [0.05, 0.1) is 5.69 Å². The fourth-order valence-corrected chi connectivity index (χ4v) is 3.13. The smallest absolute Gasteiger partial charge is 0.259 e. The van der Waals surface area contributed by atoms with Gasteiger partial charge >= 0.3 is 0 Å². The molecule has 0 atom stereocenters. The van der Waals surface area contributed by atoms with E-state index in [4.69, 9.17) is 4.52 Å². The molecule has 0 aliphatic carbocycles. The van der Waals surface area contributed by atoms with Gasteiger partial charge in [0, 0.05) is 32.7 Å². The van der Waals surface area contributed by atoms with Crippen LogP contribution < -0.4 is 0 Å². The standard InChI is InChI=1S/C18H22FN3O2/c1-13-17(14(2)24-20-13)18(23)22-9-3-8-21(10-11-22)12-15-4-6-16(19)7-5-15/h4-7H,3,8-12H2,1-2H3. The van der Waals surface area contributed by atoms with Crippen molar-refractivity contribution in [2.24, 2.45) is 0 Å². The maximum absolute atomic E-state index is 13.0. The van der Waals surface area contributed by atoms with Crippen molar-refractivity contribution in [2.75, 3.05) is 26.2 Å². The highest BCUT2D eigenvalue weighted by atomic mass is 19.1. The summed E-state index contributed by atoms with van der Waals surface area (Å²) in [5.74, 6) is 0.352. The molecule has 0 spiro atoms. The summed E-state index contributed by atoms with van der Waals surface area (Å²) in [6.07, 6.45) is 0.913. The number of halogens is 1. The third kappa shape index (κ3) is 3.64. The molecule has 2 heterocycles. The Kier molecular flexibility index (Phi) is 4.94. The van der Waals surface area contributed by atoms with Gasteiger partial charge in [-0.2, -0.15) is 0 Å². The predicted octanol–water partition coefficient (Wildman–Crippen LogP) is 2.78.